The fourth-order valence-electron chi connectivity index (χ4n) is 3.51. The van der Waals surface area contributed by atoms with E-state index in [1.807, 2.05) is 13.2 Å². The first-order valence-electron chi connectivity index (χ1n) is 9.91. The maximum Gasteiger partial charge on any atom is 0.191 e. The SMILES string of the molecule is CN=C(NCCN(C(C)C)C(C)C)NCc1ccnc(N2CCCC2)c1. The van der Waals surface area contributed by atoms with E-state index in [4.69, 9.17) is 0 Å². The van der Waals surface area contributed by atoms with Crippen LogP contribution in [0.25, 0.3) is 0 Å². The van der Waals surface area contributed by atoms with E-state index in [2.05, 4.69) is 70.2 Å². The van der Waals surface area contributed by atoms with Gasteiger partial charge in [-0.05, 0) is 58.2 Å². The Kier molecular flexibility index (Phi) is 8.16. The van der Waals surface area contributed by atoms with Crippen molar-refractivity contribution in [2.75, 3.05) is 38.1 Å². The Hall–Kier alpha value is -1.82. The van der Waals surface area contributed by atoms with Crippen molar-refractivity contribution in [1.82, 2.24) is 20.5 Å². The largest absolute Gasteiger partial charge is 0.357 e. The van der Waals surface area contributed by atoms with Crippen molar-refractivity contribution in [1.29, 1.82) is 0 Å². The first-order valence-corrected chi connectivity index (χ1v) is 9.91. The minimum atomic E-state index is 0.549. The highest BCUT2D eigenvalue weighted by atomic mass is 15.2. The molecule has 2 N–H and O–H groups in total. The molecule has 0 saturated carbocycles. The monoisotopic (exact) mass is 360 g/mol. The number of nitrogens with one attached hydrogen (secondary N) is 2. The summed E-state index contributed by atoms with van der Waals surface area (Å²) in [7, 11) is 1.82. The molecule has 146 valence electrons. The van der Waals surface area contributed by atoms with Crippen LogP contribution in [0.1, 0.15) is 46.1 Å². The van der Waals surface area contributed by atoms with Gasteiger partial charge in [-0.15, -0.1) is 0 Å². The normalized spacial score (nSPS) is 15.4. The average Bonchev–Trinajstić information content (AvgIpc) is 3.15. The molecule has 0 amide bonds. The minimum Gasteiger partial charge on any atom is -0.357 e. The lowest BCUT2D eigenvalue weighted by atomic mass is 10.2. The van der Waals surface area contributed by atoms with E-state index in [1.54, 1.807) is 0 Å². The van der Waals surface area contributed by atoms with Gasteiger partial charge in [-0.25, -0.2) is 4.98 Å². The second-order valence-corrected chi connectivity index (χ2v) is 7.49. The van der Waals surface area contributed by atoms with Gasteiger partial charge in [0.05, 0.1) is 0 Å². The Morgan fingerprint density at radius 2 is 1.88 bits per heavy atom. The standard InChI is InChI=1S/C20H36N6/c1-16(2)26(17(3)4)13-10-23-20(21-5)24-15-18-8-9-22-19(14-18)25-11-6-7-12-25/h8-9,14,16-17H,6-7,10-13,15H2,1-5H3,(H2,21,23,24). The molecule has 2 heterocycles. The van der Waals surface area contributed by atoms with E-state index < -0.39 is 0 Å². The summed E-state index contributed by atoms with van der Waals surface area (Å²) in [5, 5.41) is 6.83. The first kappa shape index (κ1) is 20.5. The molecule has 1 fully saturated rings. The van der Waals surface area contributed by atoms with Gasteiger partial charge >= 0.3 is 0 Å². The zero-order valence-corrected chi connectivity index (χ0v) is 17.1. The molecule has 6 nitrogen and oxygen atoms in total. The van der Waals surface area contributed by atoms with Crippen LogP contribution in [0.4, 0.5) is 5.82 Å². The third-order valence-corrected chi connectivity index (χ3v) is 4.91. The van der Waals surface area contributed by atoms with E-state index in [-0.39, 0.29) is 0 Å². The van der Waals surface area contributed by atoms with Crippen LogP contribution in [-0.2, 0) is 6.54 Å². The lowest BCUT2D eigenvalue weighted by Gasteiger charge is -2.30. The topological polar surface area (TPSA) is 55.8 Å². The Labute approximate surface area is 159 Å². The van der Waals surface area contributed by atoms with E-state index in [9.17, 15) is 0 Å². The number of pyridine rings is 1. The summed E-state index contributed by atoms with van der Waals surface area (Å²) in [5.74, 6) is 1.94. The number of nitrogens with zero attached hydrogens (tertiary/aromatic N) is 4. The molecule has 0 radical (unpaired) electrons. The Morgan fingerprint density at radius 1 is 1.19 bits per heavy atom. The number of guanidine groups is 1. The van der Waals surface area contributed by atoms with Crippen LogP contribution in [0.3, 0.4) is 0 Å². The van der Waals surface area contributed by atoms with Crippen molar-refractivity contribution in [2.45, 2.75) is 59.2 Å². The van der Waals surface area contributed by atoms with E-state index in [0.717, 1.165) is 44.5 Å². The second kappa shape index (κ2) is 10.4. The fraction of sp³-hybridized carbons (Fsp3) is 0.700. The third kappa shape index (κ3) is 6.16. The highest BCUT2D eigenvalue weighted by Crippen LogP contribution is 2.18. The van der Waals surface area contributed by atoms with Gasteiger partial charge in [-0.3, -0.25) is 9.89 Å². The van der Waals surface area contributed by atoms with Gasteiger partial charge in [0.25, 0.3) is 0 Å². The number of aliphatic imine (C=N–C) groups is 1. The zero-order chi connectivity index (χ0) is 18.9. The van der Waals surface area contributed by atoms with Crippen LogP contribution < -0.4 is 15.5 Å². The lowest BCUT2D eigenvalue weighted by molar-refractivity contribution is 0.178. The van der Waals surface area contributed by atoms with Crippen LogP contribution in [0.5, 0.6) is 0 Å². The smallest absolute Gasteiger partial charge is 0.191 e. The molecular formula is C20H36N6. The number of hydrogen-bond donors (Lipinski definition) is 2. The molecule has 26 heavy (non-hydrogen) atoms. The fourth-order valence-corrected chi connectivity index (χ4v) is 3.51. The molecule has 1 aromatic rings. The Morgan fingerprint density at radius 3 is 2.50 bits per heavy atom. The van der Waals surface area contributed by atoms with Crippen molar-refractivity contribution in [2.24, 2.45) is 4.99 Å². The minimum absolute atomic E-state index is 0.549. The van der Waals surface area contributed by atoms with Gasteiger partial charge in [0, 0.05) is 58.1 Å². The summed E-state index contributed by atoms with van der Waals surface area (Å²) >= 11 is 0. The summed E-state index contributed by atoms with van der Waals surface area (Å²) in [5.41, 5.74) is 1.23. The average molecular weight is 361 g/mol. The molecule has 1 aliphatic heterocycles. The highest BCUT2D eigenvalue weighted by molar-refractivity contribution is 5.79. The second-order valence-electron chi connectivity index (χ2n) is 7.49. The third-order valence-electron chi connectivity index (χ3n) is 4.91. The summed E-state index contributed by atoms with van der Waals surface area (Å²) < 4.78 is 0. The molecule has 0 bridgehead atoms. The number of aromatic nitrogens is 1. The Bertz CT molecular complexity index is 555. The summed E-state index contributed by atoms with van der Waals surface area (Å²) in [4.78, 5) is 13.7. The van der Waals surface area contributed by atoms with Crippen LogP contribution in [-0.4, -0.2) is 61.2 Å². The summed E-state index contributed by atoms with van der Waals surface area (Å²) in [6, 6.07) is 5.35. The van der Waals surface area contributed by atoms with Gasteiger partial charge in [-0.2, -0.15) is 0 Å². The molecule has 0 spiro atoms. The van der Waals surface area contributed by atoms with E-state index >= 15 is 0 Å². The van der Waals surface area contributed by atoms with Crippen molar-refractivity contribution in [3.63, 3.8) is 0 Å². The van der Waals surface area contributed by atoms with Crippen LogP contribution in [0, 0.1) is 0 Å². The van der Waals surface area contributed by atoms with E-state index in [1.165, 1.54) is 18.4 Å². The lowest BCUT2D eigenvalue weighted by Crippen LogP contribution is -2.45. The van der Waals surface area contributed by atoms with Gasteiger partial charge in [0.15, 0.2) is 5.96 Å². The molecule has 0 atom stereocenters. The van der Waals surface area contributed by atoms with Crippen LogP contribution in [0.15, 0.2) is 23.3 Å². The molecule has 0 unspecified atom stereocenters. The van der Waals surface area contributed by atoms with Crippen molar-refractivity contribution < 1.29 is 0 Å². The van der Waals surface area contributed by atoms with Crippen molar-refractivity contribution in [3.8, 4) is 0 Å². The van der Waals surface area contributed by atoms with Gasteiger partial charge in [-0.1, -0.05) is 0 Å². The predicted molar refractivity (Wildman–Crippen MR) is 111 cm³/mol. The molecule has 1 aromatic heterocycles. The summed E-state index contributed by atoms with van der Waals surface area (Å²) in [6.07, 6.45) is 4.44. The van der Waals surface area contributed by atoms with Gasteiger partial charge in [0.2, 0.25) is 0 Å². The molecular weight excluding hydrogens is 324 g/mol. The zero-order valence-electron chi connectivity index (χ0n) is 17.1. The van der Waals surface area contributed by atoms with Crippen LogP contribution >= 0.6 is 0 Å². The molecule has 0 aliphatic carbocycles. The number of rotatable bonds is 8. The maximum absolute atomic E-state index is 4.52. The summed E-state index contributed by atoms with van der Waals surface area (Å²) in [6.45, 7) is 13.9. The van der Waals surface area contributed by atoms with Gasteiger partial charge in [0.1, 0.15) is 5.82 Å². The molecule has 2 rings (SSSR count). The first-order chi connectivity index (χ1) is 12.5. The number of anilines is 1. The quantitative estimate of drug-likeness (QED) is 0.551. The molecule has 6 heteroatoms. The maximum atomic E-state index is 4.52. The van der Waals surface area contributed by atoms with Crippen molar-refractivity contribution >= 4 is 11.8 Å². The predicted octanol–water partition coefficient (Wildman–Crippen LogP) is 2.47. The molecule has 0 aromatic carbocycles. The molecule has 1 saturated heterocycles. The Balaban J connectivity index is 1.80. The highest BCUT2D eigenvalue weighted by Gasteiger charge is 2.14. The number of hydrogen-bond acceptors (Lipinski definition) is 4. The molecule has 1 aliphatic rings. The van der Waals surface area contributed by atoms with Crippen molar-refractivity contribution in [3.05, 3.63) is 23.9 Å². The van der Waals surface area contributed by atoms with E-state index in [0.29, 0.717) is 12.1 Å². The van der Waals surface area contributed by atoms with Gasteiger partial charge < -0.3 is 15.5 Å². The van der Waals surface area contributed by atoms with Crippen LogP contribution in [0.2, 0.25) is 0 Å².